The third-order valence-corrected chi connectivity index (χ3v) is 1.47. The van der Waals surface area contributed by atoms with Gasteiger partial charge in [0, 0.05) is 19.8 Å². The largest absolute Gasteiger partial charge is 0.373 e. The van der Waals surface area contributed by atoms with Gasteiger partial charge in [-0.25, -0.2) is 4.79 Å². The van der Waals surface area contributed by atoms with Crippen molar-refractivity contribution in [3.63, 3.8) is 0 Å². The van der Waals surface area contributed by atoms with Crippen LogP contribution >= 0.6 is 0 Å². The Hall–Kier alpha value is -1.32. The zero-order valence-electron chi connectivity index (χ0n) is 6.66. The van der Waals surface area contributed by atoms with Crippen LogP contribution in [0.2, 0.25) is 0 Å². The van der Waals surface area contributed by atoms with E-state index >= 15 is 0 Å². The Morgan fingerprint density at radius 1 is 1.73 bits per heavy atom. The number of anilines is 1. The fourth-order valence-corrected chi connectivity index (χ4v) is 0.809. The minimum absolute atomic E-state index is 0.209. The van der Waals surface area contributed by atoms with E-state index in [0.717, 1.165) is 0 Å². The van der Waals surface area contributed by atoms with Crippen LogP contribution in [0.1, 0.15) is 6.92 Å². The van der Waals surface area contributed by atoms with Crippen LogP contribution in [0.3, 0.4) is 0 Å². The summed E-state index contributed by atoms with van der Waals surface area (Å²) in [4.78, 5) is 14.8. The minimum Gasteiger partial charge on any atom is -0.373 e. The predicted octanol–water partition coefficient (Wildman–Crippen LogP) is 0.305. The van der Waals surface area contributed by atoms with Crippen LogP contribution in [0, 0.1) is 0 Å². The Labute approximate surface area is 64.9 Å². The van der Waals surface area contributed by atoms with Crippen molar-refractivity contribution < 1.29 is 0 Å². The molecule has 0 aromatic carbocycles. The summed E-state index contributed by atoms with van der Waals surface area (Å²) in [5.74, 6) is 0.611. The zero-order valence-corrected chi connectivity index (χ0v) is 6.66. The Kier molecular flexibility index (Phi) is 2.25. The number of aromatic nitrogens is 2. The van der Waals surface area contributed by atoms with Crippen molar-refractivity contribution in [1.82, 2.24) is 9.55 Å². The molecule has 11 heavy (non-hydrogen) atoms. The summed E-state index contributed by atoms with van der Waals surface area (Å²) in [7, 11) is 1.73. The standard InChI is InChI=1S/C7H11N3O/c1-3-10-5-4-6(8-2)9-7(10)11/h4-5H,3H2,1-2H3,(H,8,9,11). The molecule has 0 unspecified atom stereocenters. The van der Waals surface area contributed by atoms with E-state index in [1.54, 1.807) is 23.9 Å². The second-order valence-corrected chi connectivity index (χ2v) is 2.13. The summed E-state index contributed by atoms with van der Waals surface area (Å²) in [6.07, 6.45) is 1.72. The van der Waals surface area contributed by atoms with Gasteiger partial charge in [0.2, 0.25) is 0 Å². The SMILES string of the molecule is CCn1ccc(NC)nc1=O. The Morgan fingerprint density at radius 2 is 2.45 bits per heavy atom. The normalized spacial score (nSPS) is 9.64. The van der Waals surface area contributed by atoms with E-state index in [1.165, 1.54) is 0 Å². The fourth-order valence-electron chi connectivity index (χ4n) is 0.809. The molecule has 0 aliphatic rings. The second-order valence-electron chi connectivity index (χ2n) is 2.13. The molecule has 0 spiro atoms. The first-order valence-electron chi connectivity index (χ1n) is 3.53. The monoisotopic (exact) mass is 153 g/mol. The molecular formula is C7H11N3O. The van der Waals surface area contributed by atoms with E-state index in [4.69, 9.17) is 0 Å². The van der Waals surface area contributed by atoms with Gasteiger partial charge < -0.3 is 5.32 Å². The molecule has 1 aromatic heterocycles. The zero-order chi connectivity index (χ0) is 8.27. The van der Waals surface area contributed by atoms with Gasteiger partial charge in [-0.2, -0.15) is 4.98 Å². The van der Waals surface area contributed by atoms with Crippen molar-refractivity contribution in [3.05, 3.63) is 22.7 Å². The van der Waals surface area contributed by atoms with Gasteiger partial charge in [-0.3, -0.25) is 4.57 Å². The van der Waals surface area contributed by atoms with Crippen LogP contribution in [-0.2, 0) is 6.54 Å². The van der Waals surface area contributed by atoms with Gasteiger partial charge in [0.1, 0.15) is 5.82 Å². The van der Waals surface area contributed by atoms with Gasteiger partial charge in [0.05, 0.1) is 0 Å². The quantitative estimate of drug-likeness (QED) is 0.665. The molecule has 0 aliphatic carbocycles. The molecule has 4 heteroatoms. The summed E-state index contributed by atoms with van der Waals surface area (Å²) >= 11 is 0. The van der Waals surface area contributed by atoms with E-state index in [9.17, 15) is 4.79 Å². The van der Waals surface area contributed by atoms with Crippen molar-refractivity contribution in [3.8, 4) is 0 Å². The third kappa shape index (κ3) is 1.58. The summed E-state index contributed by atoms with van der Waals surface area (Å²) in [6.45, 7) is 2.57. The highest BCUT2D eigenvalue weighted by molar-refractivity contribution is 5.30. The highest BCUT2D eigenvalue weighted by Crippen LogP contribution is 1.93. The van der Waals surface area contributed by atoms with Gasteiger partial charge in [-0.1, -0.05) is 0 Å². The molecular weight excluding hydrogens is 142 g/mol. The first-order chi connectivity index (χ1) is 5.27. The van der Waals surface area contributed by atoms with Crippen molar-refractivity contribution in [2.75, 3.05) is 12.4 Å². The molecule has 0 amide bonds. The molecule has 1 aromatic rings. The molecule has 1 N–H and O–H groups in total. The smallest absolute Gasteiger partial charge is 0.349 e. The van der Waals surface area contributed by atoms with Gasteiger partial charge >= 0.3 is 5.69 Å². The number of nitrogens with one attached hydrogen (secondary N) is 1. The summed E-state index contributed by atoms with van der Waals surface area (Å²) in [5, 5.41) is 2.79. The average Bonchev–Trinajstić information content (AvgIpc) is 2.04. The number of nitrogens with zero attached hydrogens (tertiary/aromatic N) is 2. The first-order valence-corrected chi connectivity index (χ1v) is 3.53. The predicted molar refractivity (Wildman–Crippen MR) is 43.7 cm³/mol. The number of aryl methyl sites for hydroxylation is 1. The lowest BCUT2D eigenvalue weighted by molar-refractivity contribution is 0.700. The summed E-state index contributed by atoms with van der Waals surface area (Å²) < 4.78 is 1.54. The maximum Gasteiger partial charge on any atom is 0.349 e. The highest BCUT2D eigenvalue weighted by Gasteiger charge is 1.94. The number of hydrogen-bond donors (Lipinski definition) is 1. The molecule has 1 heterocycles. The fraction of sp³-hybridized carbons (Fsp3) is 0.429. The molecule has 60 valence electrons. The van der Waals surface area contributed by atoms with Crippen molar-refractivity contribution >= 4 is 5.82 Å². The highest BCUT2D eigenvalue weighted by atomic mass is 16.1. The number of hydrogen-bond acceptors (Lipinski definition) is 3. The van der Waals surface area contributed by atoms with Crippen molar-refractivity contribution in [2.45, 2.75) is 13.5 Å². The van der Waals surface area contributed by atoms with Gasteiger partial charge in [0.15, 0.2) is 0 Å². The molecule has 0 saturated carbocycles. The summed E-state index contributed by atoms with van der Waals surface area (Å²) in [6, 6.07) is 1.77. The molecule has 0 saturated heterocycles. The first kappa shape index (κ1) is 7.78. The van der Waals surface area contributed by atoms with E-state index < -0.39 is 0 Å². The van der Waals surface area contributed by atoms with Crippen LogP contribution in [-0.4, -0.2) is 16.6 Å². The average molecular weight is 153 g/mol. The Bertz CT molecular complexity index is 292. The van der Waals surface area contributed by atoms with E-state index in [1.807, 2.05) is 6.92 Å². The molecule has 4 nitrogen and oxygen atoms in total. The van der Waals surface area contributed by atoms with Crippen LogP contribution in [0.15, 0.2) is 17.1 Å². The Balaban J connectivity index is 3.10. The maximum absolute atomic E-state index is 11.0. The maximum atomic E-state index is 11.0. The van der Waals surface area contributed by atoms with Crippen LogP contribution in [0.5, 0.6) is 0 Å². The lowest BCUT2D eigenvalue weighted by Gasteiger charge is -2.01. The molecule has 0 bridgehead atoms. The van der Waals surface area contributed by atoms with Crippen LogP contribution in [0.25, 0.3) is 0 Å². The van der Waals surface area contributed by atoms with E-state index in [0.29, 0.717) is 12.4 Å². The second kappa shape index (κ2) is 3.18. The molecule has 0 atom stereocenters. The van der Waals surface area contributed by atoms with Gasteiger partial charge in [-0.05, 0) is 13.0 Å². The minimum atomic E-state index is -0.209. The Morgan fingerprint density at radius 3 is 2.91 bits per heavy atom. The van der Waals surface area contributed by atoms with Crippen LogP contribution in [0.4, 0.5) is 5.82 Å². The molecule has 0 aliphatic heterocycles. The van der Waals surface area contributed by atoms with Crippen LogP contribution < -0.4 is 11.0 Å². The lowest BCUT2D eigenvalue weighted by Crippen LogP contribution is -2.21. The van der Waals surface area contributed by atoms with Gasteiger partial charge in [-0.15, -0.1) is 0 Å². The van der Waals surface area contributed by atoms with Gasteiger partial charge in [0.25, 0.3) is 0 Å². The lowest BCUT2D eigenvalue weighted by atomic mass is 10.5. The topological polar surface area (TPSA) is 46.9 Å². The van der Waals surface area contributed by atoms with Crippen molar-refractivity contribution in [1.29, 1.82) is 0 Å². The third-order valence-electron chi connectivity index (χ3n) is 1.47. The summed E-state index contributed by atoms with van der Waals surface area (Å²) in [5.41, 5.74) is -0.209. The van der Waals surface area contributed by atoms with E-state index in [-0.39, 0.29) is 5.69 Å². The van der Waals surface area contributed by atoms with Crippen molar-refractivity contribution in [2.24, 2.45) is 0 Å². The molecule has 1 rings (SSSR count). The molecule has 0 radical (unpaired) electrons. The number of rotatable bonds is 2. The van der Waals surface area contributed by atoms with E-state index in [2.05, 4.69) is 10.3 Å². The molecule has 0 fully saturated rings.